The number of halogens is 2. The molecule has 3 nitrogen and oxygen atoms in total. The van der Waals surface area contributed by atoms with Crippen LogP contribution in [0.3, 0.4) is 0 Å². The van der Waals surface area contributed by atoms with Crippen molar-refractivity contribution in [3.05, 3.63) is 64.7 Å². The van der Waals surface area contributed by atoms with Crippen molar-refractivity contribution in [2.75, 3.05) is 5.32 Å². The van der Waals surface area contributed by atoms with Crippen LogP contribution in [0.25, 0.3) is 0 Å². The molecule has 0 aliphatic heterocycles. The summed E-state index contributed by atoms with van der Waals surface area (Å²) in [6.45, 7) is 3.77. The monoisotopic (exact) mass is 320 g/mol. The van der Waals surface area contributed by atoms with Gasteiger partial charge in [-0.05, 0) is 50.3 Å². The summed E-state index contributed by atoms with van der Waals surface area (Å²) in [5.41, 5.74) is 2.36. The molecule has 6 heteroatoms. The average Bonchev–Trinajstić information content (AvgIpc) is 2.40. The normalized spacial score (nSPS) is 10.2. The lowest BCUT2D eigenvalue weighted by atomic mass is 10.1. The first-order valence-corrected chi connectivity index (χ1v) is 6.91. The van der Waals surface area contributed by atoms with Gasteiger partial charge in [0.1, 0.15) is 11.6 Å². The van der Waals surface area contributed by atoms with Crippen LogP contribution < -0.4 is 10.6 Å². The van der Waals surface area contributed by atoms with E-state index in [1.807, 2.05) is 19.9 Å². The van der Waals surface area contributed by atoms with Crippen LogP contribution in [-0.4, -0.2) is 11.0 Å². The van der Waals surface area contributed by atoms with Crippen molar-refractivity contribution in [2.24, 2.45) is 0 Å². The van der Waals surface area contributed by atoms with Crippen LogP contribution in [0.5, 0.6) is 0 Å². The second-order valence-electron chi connectivity index (χ2n) is 4.91. The van der Waals surface area contributed by atoms with Crippen molar-refractivity contribution in [3.63, 3.8) is 0 Å². The van der Waals surface area contributed by atoms with Crippen molar-refractivity contribution in [2.45, 2.75) is 13.8 Å². The Labute approximate surface area is 132 Å². The number of carbonyl (C=O) groups is 1. The lowest BCUT2D eigenvalue weighted by Gasteiger charge is -2.11. The van der Waals surface area contributed by atoms with Crippen LogP contribution in [0.2, 0.25) is 0 Å². The van der Waals surface area contributed by atoms with Gasteiger partial charge in [-0.1, -0.05) is 17.2 Å². The third-order valence-corrected chi connectivity index (χ3v) is 3.09. The number of amides is 1. The fraction of sp³-hybridized carbons (Fsp3) is 0.125. The minimum absolute atomic E-state index is 0.00729. The third-order valence-electron chi connectivity index (χ3n) is 2.89. The van der Waals surface area contributed by atoms with Crippen LogP contribution in [0, 0.1) is 25.5 Å². The van der Waals surface area contributed by atoms with E-state index in [1.54, 1.807) is 12.1 Å². The molecule has 0 aromatic heterocycles. The van der Waals surface area contributed by atoms with Gasteiger partial charge in [0.15, 0.2) is 5.11 Å². The fourth-order valence-electron chi connectivity index (χ4n) is 2.03. The maximum Gasteiger partial charge on any atom is 0.257 e. The van der Waals surface area contributed by atoms with Crippen LogP contribution in [0.1, 0.15) is 21.5 Å². The molecular formula is C16H14F2N2OS. The molecule has 2 aromatic rings. The number of hydrogen-bond donors (Lipinski definition) is 2. The zero-order valence-electron chi connectivity index (χ0n) is 12.0. The maximum atomic E-state index is 13.5. The molecule has 2 rings (SSSR count). The molecule has 114 valence electrons. The van der Waals surface area contributed by atoms with E-state index in [1.165, 1.54) is 6.07 Å². The molecule has 0 spiro atoms. The zero-order valence-corrected chi connectivity index (χ0v) is 12.9. The molecule has 0 heterocycles. The van der Waals surface area contributed by atoms with Gasteiger partial charge in [-0.3, -0.25) is 10.1 Å². The Morgan fingerprint density at radius 3 is 2.27 bits per heavy atom. The second kappa shape index (κ2) is 6.62. The van der Waals surface area contributed by atoms with Crippen molar-refractivity contribution < 1.29 is 13.6 Å². The summed E-state index contributed by atoms with van der Waals surface area (Å²) < 4.78 is 26.3. The SMILES string of the molecule is Cc1cc(C)cc(C(=O)NC(=S)Nc2ccc(F)cc2F)c1. The van der Waals surface area contributed by atoms with Crippen LogP contribution >= 0.6 is 12.2 Å². The van der Waals surface area contributed by atoms with Crippen molar-refractivity contribution >= 4 is 28.9 Å². The average molecular weight is 320 g/mol. The first-order chi connectivity index (χ1) is 10.3. The Bertz CT molecular complexity index is 727. The predicted octanol–water partition coefficient (Wildman–Crippen LogP) is 3.71. The number of nitrogens with one attached hydrogen (secondary N) is 2. The van der Waals surface area contributed by atoms with Gasteiger partial charge in [-0.25, -0.2) is 8.78 Å². The number of benzene rings is 2. The first kappa shape index (κ1) is 16.0. The first-order valence-electron chi connectivity index (χ1n) is 6.51. The minimum atomic E-state index is -0.789. The number of anilines is 1. The van der Waals surface area contributed by atoms with E-state index >= 15 is 0 Å². The Morgan fingerprint density at radius 1 is 1.05 bits per heavy atom. The summed E-state index contributed by atoms with van der Waals surface area (Å²) in [5.74, 6) is -1.87. The fourth-order valence-corrected chi connectivity index (χ4v) is 2.23. The Morgan fingerprint density at radius 2 is 1.68 bits per heavy atom. The highest BCUT2D eigenvalue weighted by Gasteiger charge is 2.11. The smallest absolute Gasteiger partial charge is 0.257 e. The molecule has 0 radical (unpaired) electrons. The van der Waals surface area contributed by atoms with E-state index in [0.29, 0.717) is 5.56 Å². The topological polar surface area (TPSA) is 41.1 Å². The molecule has 0 fully saturated rings. The van der Waals surface area contributed by atoms with Gasteiger partial charge in [0.2, 0.25) is 0 Å². The van der Waals surface area contributed by atoms with Gasteiger partial charge in [0.05, 0.1) is 5.69 Å². The second-order valence-corrected chi connectivity index (χ2v) is 5.32. The Balaban J connectivity index is 2.06. The summed E-state index contributed by atoms with van der Waals surface area (Å²) in [4.78, 5) is 12.1. The molecule has 0 saturated carbocycles. The molecule has 0 atom stereocenters. The third kappa shape index (κ3) is 4.08. The molecule has 0 aliphatic rings. The Hall–Kier alpha value is -2.34. The molecule has 22 heavy (non-hydrogen) atoms. The van der Waals surface area contributed by atoms with E-state index in [-0.39, 0.29) is 10.8 Å². The molecule has 0 bridgehead atoms. The lowest BCUT2D eigenvalue weighted by molar-refractivity contribution is 0.0977. The van der Waals surface area contributed by atoms with E-state index in [9.17, 15) is 13.6 Å². The van der Waals surface area contributed by atoms with Crippen molar-refractivity contribution in [1.29, 1.82) is 0 Å². The lowest BCUT2D eigenvalue weighted by Crippen LogP contribution is -2.34. The number of thiocarbonyl (C=S) groups is 1. The molecule has 0 aliphatic carbocycles. The maximum absolute atomic E-state index is 13.5. The van der Waals surface area contributed by atoms with E-state index in [2.05, 4.69) is 10.6 Å². The summed E-state index contributed by atoms with van der Waals surface area (Å²) in [5, 5.41) is 4.93. The molecular weight excluding hydrogens is 306 g/mol. The number of hydrogen-bond acceptors (Lipinski definition) is 2. The summed E-state index contributed by atoms with van der Waals surface area (Å²) in [6.07, 6.45) is 0. The molecule has 1 amide bonds. The van der Waals surface area contributed by atoms with E-state index in [0.717, 1.165) is 23.3 Å². The largest absolute Gasteiger partial charge is 0.330 e. The van der Waals surface area contributed by atoms with Crippen LogP contribution in [0.15, 0.2) is 36.4 Å². The highest BCUT2D eigenvalue weighted by Crippen LogP contribution is 2.15. The highest BCUT2D eigenvalue weighted by molar-refractivity contribution is 7.80. The highest BCUT2D eigenvalue weighted by atomic mass is 32.1. The van der Waals surface area contributed by atoms with Gasteiger partial charge < -0.3 is 5.32 Å². The molecule has 0 unspecified atom stereocenters. The summed E-state index contributed by atoms with van der Waals surface area (Å²) in [7, 11) is 0. The predicted molar refractivity (Wildman–Crippen MR) is 86.0 cm³/mol. The standard InChI is InChI=1S/C16H14F2N2OS/c1-9-5-10(2)7-11(6-9)15(21)20-16(22)19-14-4-3-12(17)8-13(14)18/h3-8H,1-2H3,(H2,19,20,21,22). The van der Waals surface area contributed by atoms with Gasteiger partial charge in [0, 0.05) is 11.6 Å². The number of carbonyl (C=O) groups excluding carboxylic acids is 1. The molecule has 2 aromatic carbocycles. The van der Waals surface area contributed by atoms with E-state index < -0.39 is 17.5 Å². The Kier molecular flexibility index (Phi) is 4.82. The molecule has 0 saturated heterocycles. The van der Waals surface area contributed by atoms with Crippen molar-refractivity contribution in [1.82, 2.24) is 5.32 Å². The zero-order chi connectivity index (χ0) is 16.3. The van der Waals surface area contributed by atoms with E-state index in [4.69, 9.17) is 12.2 Å². The van der Waals surface area contributed by atoms with Gasteiger partial charge >= 0.3 is 0 Å². The van der Waals surface area contributed by atoms with Crippen LogP contribution in [0.4, 0.5) is 14.5 Å². The number of aryl methyl sites for hydroxylation is 2. The van der Waals surface area contributed by atoms with Crippen molar-refractivity contribution in [3.8, 4) is 0 Å². The van der Waals surface area contributed by atoms with Gasteiger partial charge in [0.25, 0.3) is 5.91 Å². The van der Waals surface area contributed by atoms with Gasteiger partial charge in [-0.2, -0.15) is 0 Å². The minimum Gasteiger partial charge on any atom is -0.330 e. The summed E-state index contributed by atoms with van der Waals surface area (Å²) in [6, 6.07) is 8.43. The quantitative estimate of drug-likeness (QED) is 0.829. The molecule has 2 N–H and O–H groups in total. The van der Waals surface area contributed by atoms with Crippen LogP contribution in [-0.2, 0) is 0 Å². The summed E-state index contributed by atoms with van der Waals surface area (Å²) >= 11 is 4.97. The number of rotatable bonds is 2. The van der Waals surface area contributed by atoms with Gasteiger partial charge in [-0.15, -0.1) is 0 Å².